The van der Waals surface area contributed by atoms with Crippen LogP contribution < -0.4 is 0 Å². The Morgan fingerprint density at radius 1 is 0.963 bits per heavy atom. The molecule has 2 aromatic rings. The lowest BCUT2D eigenvalue weighted by Crippen LogP contribution is -2.50. The van der Waals surface area contributed by atoms with Crippen LogP contribution in [0.2, 0.25) is 0 Å². The number of amides is 1. The van der Waals surface area contributed by atoms with Gasteiger partial charge in [-0.05, 0) is 11.1 Å². The van der Waals surface area contributed by atoms with Crippen molar-refractivity contribution in [2.75, 3.05) is 46.8 Å². The fraction of sp³-hybridized carbons (Fsp3) is 0.348. The second-order valence-electron chi connectivity index (χ2n) is 7.20. The van der Waals surface area contributed by atoms with Gasteiger partial charge in [-0.15, -0.1) is 0 Å². The van der Waals surface area contributed by atoms with E-state index in [9.17, 15) is 4.79 Å². The molecule has 0 aliphatic carbocycles. The van der Waals surface area contributed by atoms with Gasteiger partial charge in [-0.25, -0.2) is 0 Å². The van der Waals surface area contributed by atoms with E-state index in [2.05, 4.69) is 58.4 Å². The largest absolute Gasteiger partial charge is 0.347 e. The first-order valence-corrected chi connectivity index (χ1v) is 9.59. The molecule has 1 unspecified atom stereocenters. The fourth-order valence-corrected chi connectivity index (χ4v) is 3.50. The van der Waals surface area contributed by atoms with Gasteiger partial charge in [0.25, 0.3) is 0 Å². The predicted molar refractivity (Wildman–Crippen MR) is 111 cm³/mol. The Morgan fingerprint density at radius 2 is 1.56 bits per heavy atom. The zero-order valence-electron chi connectivity index (χ0n) is 16.3. The lowest BCUT2D eigenvalue weighted by molar-refractivity contribution is -0.135. The summed E-state index contributed by atoms with van der Waals surface area (Å²) in [7, 11) is 3.67. The summed E-state index contributed by atoms with van der Waals surface area (Å²) in [4.78, 5) is 19.3. The number of nitrogens with zero attached hydrogens (tertiary/aromatic N) is 3. The number of rotatable bonds is 6. The van der Waals surface area contributed by atoms with Gasteiger partial charge in [0.1, 0.15) is 6.04 Å². The third-order valence-corrected chi connectivity index (χ3v) is 5.04. The minimum absolute atomic E-state index is 0.152. The van der Waals surface area contributed by atoms with Crippen LogP contribution in [0.1, 0.15) is 17.2 Å². The molecule has 1 saturated heterocycles. The Kier molecular flexibility index (Phi) is 6.80. The molecule has 27 heavy (non-hydrogen) atoms. The number of benzene rings is 2. The molecule has 1 heterocycles. The van der Waals surface area contributed by atoms with E-state index in [1.807, 2.05) is 38.4 Å². The van der Waals surface area contributed by atoms with Gasteiger partial charge < -0.3 is 4.90 Å². The Labute approximate surface area is 162 Å². The highest BCUT2D eigenvalue weighted by atomic mass is 16.2. The first-order chi connectivity index (χ1) is 13.1. The zero-order chi connectivity index (χ0) is 19.1. The number of carbonyl (C=O) groups is 1. The Balaban J connectivity index is 1.59. The number of likely N-dealkylation sites (N-methyl/N-ethyl adjacent to an activating group) is 1. The lowest BCUT2D eigenvalue weighted by atomic mass is 10.0. The van der Waals surface area contributed by atoms with Gasteiger partial charge in [0.15, 0.2) is 0 Å². The van der Waals surface area contributed by atoms with Crippen molar-refractivity contribution in [1.29, 1.82) is 0 Å². The molecule has 0 saturated carbocycles. The highest BCUT2D eigenvalue weighted by Gasteiger charge is 2.31. The minimum Gasteiger partial charge on any atom is -0.347 e. The van der Waals surface area contributed by atoms with E-state index in [1.165, 1.54) is 5.56 Å². The molecule has 3 rings (SSSR count). The van der Waals surface area contributed by atoms with Crippen LogP contribution in [0.15, 0.2) is 66.7 Å². The van der Waals surface area contributed by atoms with Crippen LogP contribution in [0.5, 0.6) is 0 Å². The average Bonchev–Trinajstić information content (AvgIpc) is 2.71. The van der Waals surface area contributed by atoms with Crippen LogP contribution in [-0.2, 0) is 4.79 Å². The maximum Gasteiger partial charge on any atom is 0.244 e. The summed E-state index contributed by atoms with van der Waals surface area (Å²) in [6, 6.07) is 20.3. The second kappa shape index (κ2) is 9.49. The van der Waals surface area contributed by atoms with E-state index in [0.717, 1.165) is 38.3 Å². The molecule has 2 aromatic carbocycles. The van der Waals surface area contributed by atoms with E-state index in [0.29, 0.717) is 0 Å². The van der Waals surface area contributed by atoms with Crippen molar-refractivity contribution in [2.24, 2.45) is 0 Å². The quantitative estimate of drug-likeness (QED) is 0.789. The standard InChI is InChI=1S/C23H29N3O/c1-24(2)23(27)22(21-13-7-4-8-14-21)26-18-16-25(17-19-26)15-9-12-20-10-5-3-6-11-20/h3-14,22H,15-19H2,1-2H3/b12-9+. The van der Waals surface area contributed by atoms with E-state index in [-0.39, 0.29) is 11.9 Å². The molecule has 1 amide bonds. The van der Waals surface area contributed by atoms with Crippen molar-refractivity contribution in [3.05, 3.63) is 77.9 Å². The summed E-state index contributed by atoms with van der Waals surface area (Å²) in [5.41, 5.74) is 2.31. The Morgan fingerprint density at radius 3 is 2.15 bits per heavy atom. The molecule has 1 fully saturated rings. The van der Waals surface area contributed by atoms with Crippen molar-refractivity contribution in [3.63, 3.8) is 0 Å². The van der Waals surface area contributed by atoms with Gasteiger partial charge in [0, 0.05) is 46.8 Å². The first-order valence-electron chi connectivity index (χ1n) is 9.59. The van der Waals surface area contributed by atoms with Crippen molar-refractivity contribution in [2.45, 2.75) is 6.04 Å². The minimum atomic E-state index is -0.191. The van der Waals surface area contributed by atoms with Gasteiger partial charge in [0.2, 0.25) is 5.91 Å². The van der Waals surface area contributed by atoms with Crippen LogP contribution in [0.4, 0.5) is 0 Å². The molecule has 0 aromatic heterocycles. The normalized spacial score (nSPS) is 17.1. The summed E-state index contributed by atoms with van der Waals surface area (Å²) in [6.45, 7) is 4.70. The third kappa shape index (κ3) is 5.28. The molecule has 1 atom stereocenters. The summed E-state index contributed by atoms with van der Waals surface area (Å²) < 4.78 is 0. The maximum atomic E-state index is 12.8. The van der Waals surface area contributed by atoms with Crippen LogP contribution in [-0.4, -0.2) is 67.4 Å². The molecule has 4 heteroatoms. The van der Waals surface area contributed by atoms with E-state index in [4.69, 9.17) is 0 Å². The van der Waals surface area contributed by atoms with Gasteiger partial charge in [-0.1, -0.05) is 72.8 Å². The average molecular weight is 364 g/mol. The third-order valence-electron chi connectivity index (χ3n) is 5.04. The predicted octanol–water partition coefficient (Wildman–Crippen LogP) is 3.15. The summed E-state index contributed by atoms with van der Waals surface area (Å²) in [5.74, 6) is 0.152. The van der Waals surface area contributed by atoms with Crippen LogP contribution in [0.3, 0.4) is 0 Å². The molecule has 1 aliphatic rings. The highest BCUT2D eigenvalue weighted by molar-refractivity contribution is 5.82. The lowest BCUT2D eigenvalue weighted by Gasteiger charge is -2.39. The molecule has 0 radical (unpaired) electrons. The number of carbonyl (C=O) groups excluding carboxylic acids is 1. The topological polar surface area (TPSA) is 26.8 Å². The number of hydrogen-bond acceptors (Lipinski definition) is 3. The molecule has 0 spiro atoms. The zero-order valence-corrected chi connectivity index (χ0v) is 16.3. The van der Waals surface area contributed by atoms with Crippen LogP contribution in [0.25, 0.3) is 6.08 Å². The van der Waals surface area contributed by atoms with E-state index in [1.54, 1.807) is 4.90 Å². The molecule has 0 bridgehead atoms. The van der Waals surface area contributed by atoms with Gasteiger partial charge in [-0.3, -0.25) is 14.6 Å². The van der Waals surface area contributed by atoms with Crippen LogP contribution >= 0.6 is 0 Å². The highest BCUT2D eigenvalue weighted by Crippen LogP contribution is 2.24. The fourth-order valence-electron chi connectivity index (χ4n) is 3.50. The smallest absolute Gasteiger partial charge is 0.244 e. The summed E-state index contributed by atoms with van der Waals surface area (Å²) in [6.07, 6.45) is 4.40. The van der Waals surface area contributed by atoms with Crippen molar-refractivity contribution < 1.29 is 4.79 Å². The Bertz CT molecular complexity index is 735. The maximum absolute atomic E-state index is 12.8. The Hall–Kier alpha value is -2.43. The van der Waals surface area contributed by atoms with Gasteiger partial charge in [0.05, 0.1) is 0 Å². The van der Waals surface area contributed by atoms with Crippen molar-refractivity contribution >= 4 is 12.0 Å². The summed E-state index contributed by atoms with van der Waals surface area (Å²) >= 11 is 0. The first kappa shape index (κ1) is 19.3. The second-order valence-corrected chi connectivity index (χ2v) is 7.20. The molecule has 0 N–H and O–H groups in total. The number of piperazine rings is 1. The SMILES string of the molecule is CN(C)C(=O)C(c1ccccc1)N1CCN(C/C=C/c2ccccc2)CC1. The molecule has 1 aliphatic heterocycles. The monoisotopic (exact) mass is 363 g/mol. The summed E-state index contributed by atoms with van der Waals surface area (Å²) in [5, 5.41) is 0. The van der Waals surface area contributed by atoms with Gasteiger partial charge >= 0.3 is 0 Å². The van der Waals surface area contributed by atoms with Crippen molar-refractivity contribution in [3.8, 4) is 0 Å². The van der Waals surface area contributed by atoms with E-state index < -0.39 is 0 Å². The molecule has 4 nitrogen and oxygen atoms in total. The molecule has 142 valence electrons. The molecular weight excluding hydrogens is 334 g/mol. The van der Waals surface area contributed by atoms with Crippen LogP contribution in [0, 0.1) is 0 Å². The van der Waals surface area contributed by atoms with Crippen molar-refractivity contribution in [1.82, 2.24) is 14.7 Å². The molecular formula is C23H29N3O. The number of hydrogen-bond donors (Lipinski definition) is 0. The van der Waals surface area contributed by atoms with E-state index >= 15 is 0 Å². The van der Waals surface area contributed by atoms with Gasteiger partial charge in [-0.2, -0.15) is 0 Å².